The summed E-state index contributed by atoms with van der Waals surface area (Å²) in [5.41, 5.74) is 2.64. The molecule has 29 heavy (non-hydrogen) atoms. The number of methoxy groups -OCH3 is 1. The van der Waals surface area contributed by atoms with E-state index in [9.17, 15) is 9.59 Å². The number of amides is 2. The molecule has 0 aliphatic heterocycles. The van der Waals surface area contributed by atoms with Crippen molar-refractivity contribution in [1.29, 1.82) is 0 Å². The lowest BCUT2D eigenvalue weighted by atomic mass is 9.82. The average molecular weight is 398 g/mol. The minimum atomic E-state index is -0.308. The predicted molar refractivity (Wildman–Crippen MR) is 116 cm³/mol. The van der Waals surface area contributed by atoms with Gasteiger partial charge in [-0.1, -0.05) is 57.2 Å². The zero-order valence-electron chi connectivity index (χ0n) is 17.8. The predicted octanol–water partition coefficient (Wildman–Crippen LogP) is 3.44. The van der Waals surface area contributed by atoms with E-state index in [0.717, 1.165) is 11.1 Å². The molecule has 1 unspecified atom stereocenters. The number of anilines is 1. The molecule has 0 aromatic heterocycles. The van der Waals surface area contributed by atoms with Crippen molar-refractivity contribution in [1.82, 2.24) is 10.6 Å². The molecular weight excluding hydrogens is 366 g/mol. The van der Waals surface area contributed by atoms with Crippen molar-refractivity contribution in [2.75, 3.05) is 25.5 Å². The Kier molecular flexibility index (Phi) is 7.79. The van der Waals surface area contributed by atoms with Gasteiger partial charge in [-0.05, 0) is 35.6 Å². The van der Waals surface area contributed by atoms with Crippen molar-refractivity contribution in [2.24, 2.45) is 5.41 Å². The van der Waals surface area contributed by atoms with E-state index >= 15 is 0 Å². The molecule has 156 valence electrons. The summed E-state index contributed by atoms with van der Waals surface area (Å²) in [5.74, 6) is 0.0343. The Balaban J connectivity index is 1.87. The van der Waals surface area contributed by atoms with Gasteiger partial charge in [0.05, 0.1) is 25.9 Å². The van der Waals surface area contributed by atoms with Crippen LogP contribution in [0, 0.1) is 12.3 Å². The van der Waals surface area contributed by atoms with Crippen molar-refractivity contribution >= 4 is 17.5 Å². The lowest BCUT2D eigenvalue weighted by Crippen LogP contribution is -2.42. The Bertz CT molecular complexity index is 829. The van der Waals surface area contributed by atoms with Gasteiger partial charge < -0.3 is 20.7 Å². The van der Waals surface area contributed by atoms with E-state index in [0.29, 0.717) is 11.4 Å². The number of nitrogens with one attached hydrogen (secondary N) is 3. The fraction of sp³-hybridized carbons (Fsp3) is 0.391. The summed E-state index contributed by atoms with van der Waals surface area (Å²) in [5, 5.41) is 8.74. The largest absolute Gasteiger partial charge is 0.495 e. The average Bonchev–Trinajstić information content (AvgIpc) is 2.66. The molecule has 6 heteroatoms. The maximum absolute atomic E-state index is 12.3. The van der Waals surface area contributed by atoms with Crippen LogP contribution in [-0.2, 0) is 9.59 Å². The molecule has 0 fully saturated rings. The Morgan fingerprint density at radius 2 is 1.69 bits per heavy atom. The van der Waals surface area contributed by atoms with Crippen molar-refractivity contribution < 1.29 is 14.3 Å². The van der Waals surface area contributed by atoms with E-state index in [4.69, 9.17) is 4.74 Å². The number of rotatable bonds is 8. The van der Waals surface area contributed by atoms with Crippen LogP contribution in [0.5, 0.6) is 5.75 Å². The zero-order chi connectivity index (χ0) is 21.4. The number of hydrogen-bond donors (Lipinski definition) is 3. The topological polar surface area (TPSA) is 79.5 Å². The highest BCUT2D eigenvalue weighted by atomic mass is 16.5. The number of carbonyl (C=O) groups excluding carboxylic acids is 2. The maximum atomic E-state index is 12.3. The molecular formula is C23H31N3O3. The van der Waals surface area contributed by atoms with Gasteiger partial charge in [0.1, 0.15) is 5.75 Å². The molecule has 6 nitrogen and oxygen atoms in total. The quantitative estimate of drug-likeness (QED) is 0.638. The van der Waals surface area contributed by atoms with Gasteiger partial charge in [-0.3, -0.25) is 9.59 Å². The minimum absolute atomic E-state index is 0.0137. The van der Waals surface area contributed by atoms with Gasteiger partial charge in [0.15, 0.2) is 0 Å². The standard InChI is InChI=1S/C23H31N3O3/c1-16-11-12-19(29-5)18(13-16)26-21(28)15-24-20(27)14-25-22(23(2,3)4)17-9-7-6-8-10-17/h6-13,22,25H,14-15H2,1-5H3,(H,24,27)(H,26,28). The second-order valence-electron chi connectivity index (χ2n) is 8.12. The van der Waals surface area contributed by atoms with Gasteiger partial charge in [-0.25, -0.2) is 0 Å². The van der Waals surface area contributed by atoms with Crippen LogP contribution >= 0.6 is 0 Å². The van der Waals surface area contributed by atoms with E-state index in [1.165, 1.54) is 0 Å². The number of carbonyl (C=O) groups is 2. The van der Waals surface area contributed by atoms with Gasteiger partial charge in [-0.15, -0.1) is 0 Å². The number of hydrogen-bond acceptors (Lipinski definition) is 4. The van der Waals surface area contributed by atoms with Crippen LogP contribution in [0.25, 0.3) is 0 Å². The third-order valence-corrected chi connectivity index (χ3v) is 4.54. The molecule has 2 amide bonds. The minimum Gasteiger partial charge on any atom is -0.495 e. The summed E-state index contributed by atoms with van der Waals surface area (Å²) in [6.07, 6.45) is 0. The van der Waals surface area contributed by atoms with Crippen LogP contribution in [0.4, 0.5) is 5.69 Å². The Morgan fingerprint density at radius 1 is 1.00 bits per heavy atom. The first kappa shape index (κ1) is 22.4. The summed E-state index contributed by atoms with van der Waals surface area (Å²) >= 11 is 0. The lowest BCUT2D eigenvalue weighted by molar-refractivity contribution is -0.123. The van der Waals surface area contributed by atoms with Crippen LogP contribution in [0.1, 0.15) is 37.9 Å². The molecule has 0 bridgehead atoms. The van der Waals surface area contributed by atoms with Crippen LogP contribution in [0.15, 0.2) is 48.5 Å². The third kappa shape index (κ3) is 6.91. The summed E-state index contributed by atoms with van der Waals surface area (Å²) in [6, 6.07) is 15.6. The lowest BCUT2D eigenvalue weighted by Gasteiger charge is -2.32. The first-order valence-electron chi connectivity index (χ1n) is 9.70. The molecule has 2 aromatic rings. The number of ether oxygens (including phenoxy) is 1. The third-order valence-electron chi connectivity index (χ3n) is 4.54. The molecule has 1 atom stereocenters. The van der Waals surface area contributed by atoms with E-state index in [1.807, 2.05) is 49.4 Å². The van der Waals surface area contributed by atoms with Crippen LogP contribution in [0.3, 0.4) is 0 Å². The fourth-order valence-corrected chi connectivity index (χ4v) is 3.12. The highest BCUT2D eigenvalue weighted by Gasteiger charge is 2.26. The SMILES string of the molecule is COc1ccc(C)cc1NC(=O)CNC(=O)CNC(c1ccccc1)C(C)(C)C. The van der Waals surface area contributed by atoms with Gasteiger partial charge in [0.2, 0.25) is 11.8 Å². The smallest absolute Gasteiger partial charge is 0.243 e. The highest BCUT2D eigenvalue weighted by Crippen LogP contribution is 2.32. The van der Waals surface area contributed by atoms with Crippen molar-refractivity contribution in [3.63, 3.8) is 0 Å². The van der Waals surface area contributed by atoms with Crippen molar-refractivity contribution in [3.05, 3.63) is 59.7 Å². The van der Waals surface area contributed by atoms with Gasteiger partial charge in [-0.2, -0.15) is 0 Å². The number of aryl methyl sites for hydroxylation is 1. The maximum Gasteiger partial charge on any atom is 0.243 e. The molecule has 0 spiro atoms. The van der Waals surface area contributed by atoms with Gasteiger partial charge >= 0.3 is 0 Å². The molecule has 0 aliphatic rings. The van der Waals surface area contributed by atoms with Crippen molar-refractivity contribution in [2.45, 2.75) is 33.7 Å². The van der Waals surface area contributed by atoms with E-state index < -0.39 is 0 Å². The Labute approximate surface area is 173 Å². The van der Waals surface area contributed by atoms with E-state index in [-0.39, 0.29) is 36.4 Å². The molecule has 2 rings (SSSR count). The Hall–Kier alpha value is -2.86. The van der Waals surface area contributed by atoms with Crippen LogP contribution < -0.4 is 20.7 Å². The fourth-order valence-electron chi connectivity index (χ4n) is 3.12. The second-order valence-corrected chi connectivity index (χ2v) is 8.12. The van der Waals surface area contributed by atoms with Gasteiger partial charge in [0, 0.05) is 6.04 Å². The highest BCUT2D eigenvalue weighted by molar-refractivity contribution is 5.96. The summed E-state index contributed by atoms with van der Waals surface area (Å²) < 4.78 is 5.25. The van der Waals surface area contributed by atoms with E-state index in [2.05, 4.69) is 36.7 Å². The molecule has 0 aliphatic carbocycles. The molecule has 0 heterocycles. The molecule has 0 radical (unpaired) electrons. The monoisotopic (exact) mass is 397 g/mol. The Morgan fingerprint density at radius 3 is 2.31 bits per heavy atom. The van der Waals surface area contributed by atoms with Crippen LogP contribution in [-0.4, -0.2) is 32.0 Å². The summed E-state index contributed by atoms with van der Waals surface area (Å²) in [6.45, 7) is 8.32. The van der Waals surface area contributed by atoms with Crippen LogP contribution in [0.2, 0.25) is 0 Å². The molecule has 0 saturated heterocycles. The van der Waals surface area contributed by atoms with Crippen molar-refractivity contribution in [3.8, 4) is 5.75 Å². The van der Waals surface area contributed by atoms with E-state index in [1.54, 1.807) is 13.2 Å². The zero-order valence-corrected chi connectivity index (χ0v) is 17.8. The normalized spacial score (nSPS) is 12.2. The molecule has 3 N–H and O–H groups in total. The summed E-state index contributed by atoms with van der Waals surface area (Å²) in [4.78, 5) is 24.5. The molecule has 0 saturated carbocycles. The first-order chi connectivity index (χ1) is 13.7. The molecule has 2 aromatic carbocycles. The van der Waals surface area contributed by atoms with Gasteiger partial charge in [0.25, 0.3) is 0 Å². The first-order valence-corrected chi connectivity index (χ1v) is 9.70. The number of benzene rings is 2. The second kappa shape index (κ2) is 10.1. The summed E-state index contributed by atoms with van der Waals surface area (Å²) in [7, 11) is 1.55.